The third-order valence-corrected chi connectivity index (χ3v) is 5.34. The lowest BCUT2D eigenvalue weighted by Crippen LogP contribution is -2.33. The summed E-state index contributed by atoms with van der Waals surface area (Å²) in [6, 6.07) is 4.98. The van der Waals surface area contributed by atoms with Crippen LogP contribution in [0.2, 0.25) is 0 Å². The zero-order valence-electron chi connectivity index (χ0n) is 13.0. The van der Waals surface area contributed by atoms with Crippen LogP contribution in [0.5, 0.6) is 11.5 Å². The summed E-state index contributed by atoms with van der Waals surface area (Å²) in [5.41, 5.74) is 2.50. The number of benzene rings is 1. The third kappa shape index (κ3) is 3.67. The van der Waals surface area contributed by atoms with Crippen molar-refractivity contribution < 1.29 is 9.47 Å². The SMILES string of the molecule is CCOc1cc2c(cc1CNC1CCCSC1)OC(C)C2. The molecule has 2 aliphatic heterocycles. The lowest BCUT2D eigenvalue weighted by atomic mass is 10.1. The van der Waals surface area contributed by atoms with Crippen molar-refractivity contribution in [3.63, 3.8) is 0 Å². The molecule has 1 N–H and O–H groups in total. The first-order chi connectivity index (χ1) is 10.3. The Morgan fingerprint density at radius 2 is 2.33 bits per heavy atom. The molecule has 0 aliphatic carbocycles. The van der Waals surface area contributed by atoms with E-state index in [1.807, 2.05) is 6.92 Å². The van der Waals surface area contributed by atoms with Crippen molar-refractivity contribution in [3.8, 4) is 11.5 Å². The average molecular weight is 307 g/mol. The number of thioether (sulfide) groups is 1. The molecule has 2 heterocycles. The van der Waals surface area contributed by atoms with E-state index >= 15 is 0 Å². The molecule has 0 spiro atoms. The van der Waals surface area contributed by atoms with Gasteiger partial charge in [-0.3, -0.25) is 0 Å². The molecular weight excluding hydrogens is 282 g/mol. The molecule has 0 aromatic heterocycles. The third-order valence-electron chi connectivity index (χ3n) is 4.12. The van der Waals surface area contributed by atoms with Crippen LogP contribution in [0.15, 0.2) is 12.1 Å². The number of fused-ring (bicyclic) bond motifs is 1. The molecule has 0 bridgehead atoms. The zero-order valence-corrected chi connectivity index (χ0v) is 13.8. The van der Waals surface area contributed by atoms with Crippen LogP contribution in [0.25, 0.3) is 0 Å². The smallest absolute Gasteiger partial charge is 0.124 e. The highest BCUT2D eigenvalue weighted by atomic mass is 32.2. The summed E-state index contributed by atoms with van der Waals surface area (Å²) >= 11 is 2.05. The highest BCUT2D eigenvalue weighted by Crippen LogP contribution is 2.35. The molecule has 1 saturated heterocycles. The summed E-state index contributed by atoms with van der Waals surface area (Å²) < 4.78 is 11.7. The van der Waals surface area contributed by atoms with Crippen molar-refractivity contribution in [2.75, 3.05) is 18.1 Å². The molecule has 116 valence electrons. The summed E-state index contributed by atoms with van der Waals surface area (Å²) in [4.78, 5) is 0. The Bertz CT molecular complexity index is 486. The summed E-state index contributed by atoms with van der Waals surface area (Å²) in [6.45, 7) is 5.74. The van der Waals surface area contributed by atoms with Gasteiger partial charge in [-0.05, 0) is 44.6 Å². The molecule has 2 atom stereocenters. The van der Waals surface area contributed by atoms with Gasteiger partial charge < -0.3 is 14.8 Å². The minimum Gasteiger partial charge on any atom is -0.494 e. The largest absolute Gasteiger partial charge is 0.494 e. The molecule has 0 radical (unpaired) electrons. The van der Waals surface area contributed by atoms with Crippen molar-refractivity contribution in [2.24, 2.45) is 0 Å². The lowest BCUT2D eigenvalue weighted by Gasteiger charge is -2.23. The van der Waals surface area contributed by atoms with Gasteiger partial charge in [0.1, 0.15) is 17.6 Å². The van der Waals surface area contributed by atoms with E-state index in [4.69, 9.17) is 9.47 Å². The van der Waals surface area contributed by atoms with Gasteiger partial charge in [-0.25, -0.2) is 0 Å². The molecule has 4 heteroatoms. The second-order valence-corrected chi connectivity index (χ2v) is 7.08. The first-order valence-electron chi connectivity index (χ1n) is 8.02. The van der Waals surface area contributed by atoms with Gasteiger partial charge in [0, 0.05) is 35.9 Å². The van der Waals surface area contributed by atoms with Crippen LogP contribution < -0.4 is 14.8 Å². The standard InChI is InChI=1S/C17H25NO2S/c1-3-19-16-8-13-7-12(2)20-17(13)9-14(16)10-18-15-5-4-6-21-11-15/h8-9,12,15,18H,3-7,10-11H2,1-2H3. The van der Waals surface area contributed by atoms with Crippen LogP contribution in [0.3, 0.4) is 0 Å². The molecular formula is C17H25NO2S. The number of ether oxygens (including phenoxy) is 2. The van der Waals surface area contributed by atoms with E-state index in [-0.39, 0.29) is 6.10 Å². The van der Waals surface area contributed by atoms with Crippen molar-refractivity contribution >= 4 is 11.8 Å². The second kappa shape index (κ2) is 6.93. The molecule has 2 aliphatic rings. The van der Waals surface area contributed by atoms with Crippen LogP contribution in [-0.4, -0.2) is 30.3 Å². The highest BCUT2D eigenvalue weighted by Gasteiger charge is 2.22. The Morgan fingerprint density at radius 1 is 1.43 bits per heavy atom. The Morgan fingerprint density at radius 3 is 3.10 bits per heavy atom. The van der Waals surface area contributed by atoms with E-state index in [2.05, 4.69) is 36.1 Å². The summed E-state index contributed by atoms with van der Waals surface area (Å²) in [6.07, 6.45) is 3.89. The number of rotatable bonds is 5. The fourth-order valence-electron chi connectivity index (χ4n) is 3.07. The summed E-state index contributed by atoms with van der Waals surface area (Å²) in [5, 5.41) is 3.68. The Labute approximate surface area is 131 Å². The first kappa shape index (κ1) is 15.0. The molecule has 0 amide bonds. The van der Waals surface area contributed by atoms with Gasteiger partial charge in [-0.1, -0.05) is 0 Å². The van der Waals surface area contributed by atoms with Gasteiger partial charge in [0.2, 0.25) is 0 Å². The maximum Gasteiger partial charge on any atom is 0.124 e. The predicted molar refractivity (Wildman–Crippen MR) is 88.6 cm³/mol. The fourth-order valence-corrected chi connectivity index (χ4v) is 4.17. The molecule has 1 aromatic carbocycles. The maximum absolute atomic E-state index is 5.88. The van der Waals surface area contributed by atoms with Gasteiger partial charge in [-0.2, -0.15) is 11.8 Å². The topological polar surface area (TPSA) is 30.5 Å². The van der Waals surface area contributed by atoms with E-state index in [1.165, 1.54) is 35.5 Å². The van der Waals surface area contributed by atoms with Gasteiger partial charge in [0.25, 0.3) is 0 Å². The van der Waals surface area contributed by atoms with Gasteiger partial charge >= 0.3 is 0 Å². The van der Waals surface area contributed by atoms with Gasteiger partial charge in [0.05, 0.1) is 6.61 Å². The molecule has 3 rings (SSSR count). The maximum atomic E-state index is 5.88. The lowest BCUT2D eigenvalue weighted by molar-refractivity contribution is 0.254. The molecule has 1 aromatic rings. The van der Waals surface area contributed by atoms with E-state index in [0.717, 1.165) is 24.5 Å². The first-order valence-corrected chi connectivity index (χ1v) is 9.18. The molecule has 3 nitrogen and oxygen atoms in total. The number of nitrogens with one attached hydrogen (secondary N) is 1. The zero-order chi connectivity index (χ0) is 14.7. The van der Waals surface area contributed by atoms with E-state index in [9.17, 15) is 0 Å². The van der Waals surface area contributed by atoms with Gasteiger partial charge in [0.15, 0.2) is 0 Å². The molecule has 2 unspecified atom stereocenters. The van der Waals surface area contributed by atoms with E-state index in [0.29, 0.717) is 12.6 Å². The molecule has 21 heavy (non-hydrogen) atoms. The average Bonchev–Trinajstić information content (AvgIpc) is 2.85. The van der Waals surface area contributed by atoms with Crippen LogP contribution in [0.1, 0.15) is 37.8 Å². The monoisotopic (exact) mass is 307 g/mol. The van der Waals surface area contributed by atoms with Gasteiger partial charge in [-0.15, -0.1) is 0 Å². The quantitative estimate of drug-likeness (QED) is 0.903. The van der Waals surface area contributed by atoms with E-state index in [1.54, 1.807) is 0 Å². The highest BCUT2D eigenvalue weighted by molar-refractivity contribution is 7.99. The van der Waals surface area contributed by atoms with E-state index < -0.39 is 0 Å². The number of hydrogen-bond acceptors (Lipinski definition) is 4. The second-order valence-electron chi connectivity index (χ2n) is 5.93. The van der Waals surface area contributed by atoms with Crippen molar-refractivity contribution in [2.45, 2.75) is 51.8 Å². The molecule has 1 fully saturated rings. The van der Waals surface area contributed by atoms with Crippen LogP contribution >= 0.6 is 11.8 Å². The number of hydrogen-bond donors (Lipinski definition) is 1. The molecule has 0 saturated carbocycles. The minimum absolute atomic E-state index is 0.285. The van der Waals surface area contributed by atoms with Crippen molar-refractivity contribution in [1.29, 1.82) is 0 Å². The Balaban J connectivity index is 1.71. The summed E-state index contributed by atoms with van der Waals surface area (Å²) in [7, 11) is 0. The van der Waals surface area contributed by atoms with Crippen LogP contribution in [-0.2, 0) is 13.0 Å². The van der Waals surface area contributed by atoms with Crippen molar-refractivity contribution in [3.05, 3.63) is 23.3 Å². The fraction of sp³-hybridized carbons (Fsp3) is 0.647. The Hall–Kier alpha value is -0.870. The summed E-state index contributed by atoms with van der Waals surface area (Å²) in [5.74, 6) is 4.60. The normalized spacial score (nSPS) is 24.5. The minimum atomic E-state index is 0.285. The Kier molecular flexibility index (Phi) is 4.96. The van der Waals surface area contributed by atoms with Crippen LogP contribution in [0, 0.1) is 0 Å². The van der Waals surface area contributed by atoms with Crippen molar-refractivity contribution in [1.82, 2.24) is 5.32 Å². The predicted octanol–water partition coefficient (Wildman–Crippen LogP) is 3.39. The van der Waals surface area contributed by atoms with Crippen LogP contribution in [0.4, 0.5) is 0 Å².